The first-order valence-corrected chi connectivity index (χ1v) is 7.59. The number of ether oxygens (including phenoxy) is 2. The Kier molecular flexibility index (Phi) is 2.69. The third kappa shape index (κ3) is 1.83. The van der Waals surface area contributed by atoms with Gasteiger partial charge < -0.3 is 15.2 Å². The van der Waals surface area contributed by atoms with E-state index >= 15 is 0 Å². The molecule has 4 rings (SSSR count). The Hall–Kier alpha value is -1.77. The van der Waals surface area contributed by atoms with Gasteiger partial charge in [0, 0.05) is 20.9 Å². The number of halogens is 1. The molecule has 0 saturated carbocycles. The summed E-state index contributed by atoms with van der Waals surface area (Å²) < 4.78 is 12.5. The molecule has 1 atom stereocenters. The number of hydrogen-bond acceptors (Lipinski definition) is 5. The zero-order valence-electron chi connectivity index (χ0n) is 11.3. The third-order valence-electron chi connectivity index (χ3n) is 3.76. The summed E-state index contributed by atoms with van der Waals surface area (Å²) in [6.45, 7) is 0.368. The fourth-order valence-corrected chi connectivity index (χ4v) is 3.30. The maximum atomic E-state index is 5.93. The van der Waals surface area contributed by atoms with E-state index in [1.165, 1.54) is 0 Å². The van der Waals surface area contributed by atoms with Gasteiger partial charge in [-0.3, -0.25) is 0 Å². The fourth-order valence-electron chi connectivity index (χ4n) is 2.80. The van der Waals surface area contributed by atoms with Crippen LogP contribution in [0.15, 0.2) is 35.5 Å². The monoisotopic (exact) mass is 391 g/mol. The van der Waals surface area contributed by atoms with E-state index in [0.29, 0.717) is 12.5 Å². The average molecular weight is 391 g/mol. The lowest BCUT2D eigenvalue weighted by atomic mass is 9.80. The van der Waals surface area contributed by atoms with Crippen molar-refractivity contribution in [3.05, 3.63) is 45.2 Å². The minimum Gasteiger partial charge on any atom is -0.462 e. The molecule has 0 saturated heterocycles. The van der Waals surface area contributed by atoms with Gasteiger partial charge in [0.1, 0.15) is 20.2 Å². The Labute approximate surface area is 136 Å². The lowest BCUT2D eigenvalue weighted by molar-refractivity contribution is 0.262. The van der Waals surface area contributed by atoms with Gasteiger partial charge in [-0.05, 0) is 40.8 Å². The van der Waals surface area contributed by atoms with Crippen LogP contribution in [0.1, 0.15) is 11.1 Å². The van der Waals surface area contributed by atoms with Crippen LogP contribution in [0.5, 0.6) is 11.6 Å². The van der Waals surface area contributed by atoms with Crippen LogP contribution in [-0.4, -0.2) is 25.5 Å². The summed E-state index contributed by atoms with van der Waals surface area (Å²) >= 11 is 2.28. The summed E-state index contributed by atoms with van der Waals surface area (Å²) in [6.07, 6.45) is 1.78. The molecule has 5 nitrogen and oxygen atoms in total. The highest BCUT2D eigenvalue weighted by Crippen LogP contribution is 2.49. The first kappa shape index (κ1) is 12.9. The van der Waals surface area contributed by atoms with Gasteiger partial charge in [-0.2, -0.15) is 0 Å². The molecule has 1 unspecified atom stereocenters. The molecule has 2 N–H and O–H groups in total. The van der Waals surface area contributed by atoms with Crippen molar-refractivity contribution in [1.82, 2.24) is 4.98 Å². The summed E-state index contributed by atoms with van der Waals surface area (Å²) in [5.74, 6) is 1.32. The molecule has 0 fully saturated rings. The number of amidine groups is 1. The maximum Gasteiger partial charge on any atom is 0.283 e. The van der Waals surface area contributed by atoms with E-state index in [0.717, 1.165) is 25.9 Å². The summed E-state index contributed by atoms with van der Waals surface area (Å²) in [5, 5.41) is 0. The van der Waals surface area contributed by atoms with Crippen LogP contribution in [0.3, 0.4) is 0 Å². The number of fused-ring (bicyclic) bond motifs is 4. The zero-order valence-corrected chi connectivity index (χ0v) is 13.4. The minimum absolute atomic E-state index is 0.203. The molecule has 2 aliphatic heterocycles. The van der Waals surface area contributed by atoms with Crippen molar-refractivity contribution in [3.63, 3.8) is 0 Å². The number of rotatable bonds is 0. The minimum atomic E-state index is -0.660. The van der Waals surface area contributed by atoms with Gasteiger partial charge in [-0.1, -0.05) is 11.5 Å². The lowest BCUT2D eigenvalue weighted by Crippen LogP contribution is -2.32. The highest BCUT2D eigenvalue weighted by Gasteiger charge is 2.47. The van der Waals surface area contributed by atoms with Crippen LogP contribution >= 0.6 is 22.6 Å². The van der Waals surface area contributed by atoms with Gasteiger partial charge in [0.2, 0.25) is 5.88 Å². The molecule has 2 aliphatic rings. The van der Waals surface area contributed by atoms with E-state index in [1.807, 2.05) is 26.0 Å². The molecule has 3 heterocycles. The van der Waals surface area contributed by atoms with Crippen molar-refractivity contribution >= 4 is 41.9 Å². The van der Waals surface area contributed by atoms with E-state index in [9.17, 15) is 0 Å². The lowest BCUT2D eigenvalue weighted by Gasteiger charge is -2.32. The van der Waals surface area contributed by atoms with Crippen molar-refractivity contribution in [3.8, 4) is 11.6 Å². The molecule has 104 valence electrons. The van der Waals surface area contributed by atoms with Gasteiger partial charge in [-0.15, -0.1) is 0 Å². The molecule has 0 aliphatic carbocycles. The number of nitrogens with two attached hydrogens (primary N) is 1. The fraction of sp³-hybridized carbons (Fsp3) is 0.143. The van der Waals surface area contributed by atoms with Crippen LogP contribution in [-0.2, 0) is 10.3 Å². The molecule has 0 bridgehead atoms. The molecule has 2 aromatic rings. The highest BCUT2D eigenvalue weighted by atomic mass is 127. The average Bonchev–Trinajstić information content (AvgIpc) is 2.84. The first-order chi connectivity index (χ1) is 10.1. The molecule has 7 heteroatoms. The smallest absolute Gasteiger partial charge is 0.283 e. The van der Waals surface area contributed by atoms with Gasteiger partial charge in [0.25, 0.3) is 6.02 Å². The van der Waals surface area contributed by atoms with E-state index < -0.39 is 5.54 Å². The number of aromatic nitrogens is 1. The van der Waals surface area contributed by atoms with Gasteiger partial charge in [-0.25, -0.2) is 9.98 Å². The van der Waals surface area contributed by atoms with Crippen molar-refractivity contribution in [2.45, 2.75) is 5.54 Å². The summed E-state index contributed by atoms with van der Waals surface area (Å²) in [5.41, 5.74) is 8.05. The van der Waals surface area contributed by atoms with Gasteiger partial charge in [0.15, 0.2) is 5.54 Å². The van der Waals surface area contributed by atoms with Crippen molar-refractivity contribution in [1.29, 1.82) is 0 Å². The number of nitrogens with zero attached hydrogens (tertiary/aromatic N) is 2. The Bertz CT molecular complexity index is 742. The first-order valence-electron chi connectivity index (χ1n) is 6.52. The van der Waals surface area contributed by atoms with E-state index in [-0.39, 0.29) is 6.02 Å². The molecular formula is C14H11BIN3O2. The predicted octanol–water partition coefficient (Wildman–Crippen LogP) is 0.639. The molecule has 1 aromatic carbocycles. The molecule has 1 spiro atoms. The molecule has 0 amide bonds. The highest BCUT2D eigenvalue weighted by molar-refractivity contribution is 14.1. The second-order valence-electron chi connectivity index (χ2n) is 5.21. The molecule has 0 radical (unpaired) electrons. The Balaban J connectivity index is 2.05. The summed E-state index contributed by atoms with van der Waals surface area (Å²) in [4.78, 5) is 8.99. The van der Waals surface area contributed by atoms with Gasteiger partial charge in [0.05, 0.1) is 0 Å². The molecule has 21 heavy (non-hydrogen) atoms. The van der Waals surface area contributed by atoms with E-state index in [1.54, 1.807) is 6.20 Å². The van der Waals surface area contributed by atoms with Crippen LogP contribution < -0.4 is 15.9 Å². The van der Waals surface area contributed by atoms with E-state index in [2.05, 4.69) is 38.6 Å². The Morgan fingerprint density at radius 2 is 2.14 bits per heavy atom. The molecular weight excluding hydrogens is 380 g/mol. The summed E-state index contributed by atoms with van der Waals surface area (Å²) in [7, 11) is 1.99. The SMILES string of the molecule is Bc1cnc2c(c1)C1(COC(N)=N1)c1cc(I)ccc1O2. The van der Waals surface area contributed by atoms with Crippen molar-refractivity contribution < 1.29 is 9.47 Å². The second-order valence-corrected chi connectivity index (χ2v) is 6.45. The normalized spacial score (nSPS) is 22.0. The van der Waals surface area contributed by atoms with Crippen LogP contribution in [0, 0.1) is 3.57 Å². The Morgan fingerprint density at radius 1 is 1.29 bits per heavy atom. The largest absolute Gasteiger partial charge is 0.462 e. The topological polar surface area (TPSA) is 69.7 Å². The van der Waals surface area contributed by atoms with Crippen LogP contribution in [0.2, 0.25) is 0 Å². The second kappa shape index (κ2) is 4.36. The third-order valence-corrected chi connectivity index (χ3v) is 4.43. The zero-order chi connectivity index (χ0) is 14.6. The van der Waals surface area contributed by atoms with Crippen LogP contribution in [0.25, 0.3) is 0 Å². The maximum absolute atomic E-state index is 5.93. The number of hydrogen-bond donors (Lipinski definition) is 1. The number of pyridine rings is 1. The predicted molar refractivity (Wildman–Crippen MR) is 90.0 cm³/mol. The standard InChI is InChI=1S/C14H11BIN3O2/c15-7-3-10-12(18-5-7)21-11-2-1-8(16)4-9(11)14(10)6-20-13(17)19-14/h1-5H,6,15H2,(H2,17,19). The molecule has 1 aromatic heterocycles. The Morgan fingerprint density at radius 3 is 2.90 bits per heavy atom. The van der Waals surface area contributed by atoms with Crippen LogP contribution in [0.4, 0.5) is 0 Å². The van der Waals surface area contributed by atoms with Gasteiger partial charge >= 0.3 is 0 Å². The number of benzene rings is 1. The quantitative estimate of drug-likeness (QED) is 0.529. The summed E-state index contributed by atoms with van der Waals surface area (Å²) in [6, 6.07) is 8.24. The van der Waals surface area contributed by atoms with E-state index in [4.69, 9.17) is 15.2 Å². The number of aliphatic imine (C=N–C) groups is 1. The van der Waals surface area contributed by atoms with Crippen molar-refractivity contribution in [2.75, 3.05) is 6.61 Å². The van der Waals surface area contributed by atoms with Crippen molar-refractivity contribution in [2.24, 2.45) is 10.7 Å².